The predicted molar refractivity (Wildman–Crippen MR) is 123 cm³/mol. The molecule has 3 N–H and O–H groups in total. The van der Waals surface area contributed by atoms with E-state index < -0.39 is 0 Å². The van der Waals surface area contributed by atoms with Crippen LogP contribution in [0.2, 0.25) is 0 Å². The van der Waals surface area contributed by atoms with Gasteiger partial charge in [0.05, 0.1) is 7.11 Å². The first-order valence-electron chi connectivity index (χ1n) is 9.15. The smallest absolute Gasteiger partial charge is 1.00 e. The molecule has 2 aliphatic heterocycles. The number of fused-ring (bicyclic) bond motifs is 2. The molecule has 0 saturated carbocycles. The molecular weight excluding hydrogens is 597 g/mol. The molecule has 0 unspecified atom stereocenters. The van der Waals surface area contributed by atoms with Crippen LogP contribution in [-0.2, 0) is 32.1 Å². The SMILES string of the molecule is CI.COc1ccc2c(c1)CCC(=O)N2.O=C1CCc2cc(O)ccc2N1.O=CO[O-].[H-].[K+].[K+]. The summed E-state index contributed by atoms with van der Waals surface area (Å²) in [6.45, 7) is -0.181. The molecule has 0 spiro atoms. The Kier molecular flexibility index (Phi) is 22.2. The van der Waals surface area contributed by atoms with Gasteiger partial charge in [0.1, 0.15) is 11.5 Å². The second kappa shape index (κ2) is 20.6. The van der Waals surface area contributed by atoms with Crippen molar-refractivity contribution >= 4 is 52.3 Å². The number of ether oxygens (including phenoxy) is 1. The Bertz CT molecular complexity index is 907. The number of alkyl halides is 1. The van der Waals surface area contributed by atoms with Crippen molar-refractivity contribution in [2.45, 2.75) is 25.7 Å². The molecule has 170 valence electrons. The van der Waals surface area contributed by atoms with Gasteiger partial charge in [-0.1, -0.05) is 22.6 Å². The number of hydrogen-bond donors (Lipinski definition) is 3. The first kappa shape index (κ1) is 35.6. The Balaban J connectivity index is -0.000000431. The van der Waals surface area contributed by atoms with Gasteiger partial charge in [-0.15, -0.1) is 0 Å². The molecule has 2 heterocycles. The number of nitrogens with one attached hydrogen (secondary N) is 2. The van der Waals surface area contributed by atoms with E-state index in [1.54, 1.807) is 25.3 Å². The minimum Gasteiger partial charge on any atom is -1.00 e. The van der Waals surface area contributed by atoms with E-state index >= 15 is 0 Å². The summed E-state index contributed by atoms with van der Waals surface area (Å²) in [4.78, 5) is 35.2. The molecule has 0 aromatic heterocycles. The number of carbonyl (C=O) groups excluding carboxylic acids is 3. The van der Waals surface area contributed by atoms with Gasteiger partial charge in [0.2, 0.25) is 11.8 Å². The Morgan fingerprint density at radius 3 is 1.85 bits per heavy atom. The number of phenols is 1. The Hall–Kier alpha value is 0.413. The van der Waals surface area contributed by atoms with E-state index in [4.69, 9.17) is 19.9 Å². The first-order chi connectivity index (χ1) is 15.0. The average Bonchev–Trinajstić information content (AvgIpc) is 2.80. The Morgan fingerprint density at radius 2 is 1.39 bits per heavy atom. The van der Waals surface area contributed by atoms with Crippen LogP contribution in [0.25, 0.3) is 0 Å². The van der Waals surface area contributed by atoms with Gasteiger partial charge in [0.25, 0.3) is 6.47 Å². The van der Waals surface area contributed by atoms with Crippen LogP contribution in [0.4, 0.5) is 11.4 Å². The van der Waals surface area contributed by atoms with Gasteiger partial charge >= 0.3 is 103 Å². The standard InChI is InChI=1S/C10H11NO2.C9H9NO2.CH3I.CH2O3.2K.H/c1-13-8-3-4-9-7(6-8)2-5-10(12)11-9;11-7-2-3-8-6(5-7)1-4-9(12)10-8;1-2;2-1-4-3;;;/h3-4,6H,2,5H2,1H3,(H,11,12);2-3,5,11H,1,4H2,(H,10,12);1H3;1,3H;;;/q;;;;2*+1;-1/p-1. The zero-order valence-electron chi connectivity index (χ0n) is 20.1. The van der Waals surface area contributed by atoms with Gasteiger partial charge < -0.3 is 32.0 Å². The van der Waals surface area contributed by atoms with Gasteiger partial charge in [-0.25, -0.2) is 0 Å². The molecule has 9 nitrogen and oxygen atoms in total. The summed E-state index contributed by atoms with van der Waals surface area (Å²) >= 11 is 2.15. The second-order valence-corrected chi connectivity index (χ2v) is 6.15. The van der Waals surface area contributed by atoms with Crippen LogP contribution in [0, 0.1) is 0 Å². The summed E-state index contributed by atoms with van der Waals surface area (Å²) in [5.74, 6) is 1.24. The fourth-order valence-electron chi connectivity index (χ4n) is 2.86. The largest absolute Gasteiger partial charge is 1.00 e. The maximum Gasteiger partial charge on any atom is 1.00 e. The summed E-state index contributed by atoms with van der Waals surface area (Å²) in [6, 6.07) is 10.7. The van der Waals surface area contributed by atoms with Crippen molar-refractivity contribution in [3.8, 4) is 11.5 Å². The van der Waals surface area contributed by atoms with Crippen molar-refractivity contribution in [2.75, 3.05) is 22.7 Å². The summed E-state index contributed by atoms with van der Waals surface area (Å²) in [7, 11) is 1.64. The number of rotatable bonds is 2. The molecule has 0 fully saturated rings. The van der Waals surface area contributed by atoms with Crippen LogP contribution in [0.3, 0.4) is 0 Å². The number of phenolic OH excluding ortho intramolecular Hbond substituents is 1. The number of amides is 2. The second-order valence-electron chi connectivity index (χ2n) is 6.15. The third-order valence-electron chi connectivity index (χ3n) is 4.23. The van der Waals surface area contributed by atoms with Gasteiger partial charge in [0, 0.05) is 24.2 Å². The quantitative estimate of drug-likeness (QED) is 0.0601. The molecule has 12 heteroatoms. The molecular formula is C21H25IK2N2O7. The molecule has 0 bridgehead atoms. The molecule has 2 aromatic carbocycles. The van der Waals surface area contributed by atoms with Crippen molar-refractivity contribution in [1.82, 2.24) is 0 Å². The van der Waals surface area contributed by atoms with Gasteiger partial charge in [-0.05, 0) is 65.3 Å². The van der Waals surface area contributed by atoms with Gasteiger partial charge in [-0.3, -0.25) is 14.4 Å². The fourth-order valence-corrected chi connectivity index (χ4v) is 2.86. The summed E-state index contributed by atoms with van der Waals surface area (Å²) in [6.07, 6.45) is 2.60. The monoisotopic (exact) mass is 622 g/mol. The third-order valence-corrected chi connectivity index (χ3v) is 4.23. The number of aromatic hydroxyl groups is 1. The average molecular weight is 623 g/mol. The summed E-state index contributed by atoms with van der Waals surface area (Å²) in [5.41, 5.74) is 3.90. The van der Waals surface area contributed by atoms with Gasteiger partial charge in [-0.2, -0.15) is 0 Å². The summed E-state index contributed by atoms with van der Waals surface area (Å²) in [5, 5.41) is 23.1. The van der Waals surface area contributed by atoms with E-state index in [0.717, 1.165) is 41.1 Å². The van der Waals surface area contributed by atoms with E-state index in [1.165, 1.54) is 0 Å². The Morgan fingerprint density at radius 1 is 0.939 bits per heavy atom. The topological polar surface area (TPSA) is 137 Å². The zero-order valence-corrected chi connectivity index (χ0v) is 27.5. The van der Waals surface area contributed by atoms with E-state index in [1.807, 2.05) is 23.1 Å². The van der Waals surface area contributed by atoms with Crippen molar-refractivity contribution in [2.24, 2.45) is 0 Å². The number of halogens is 1. The van der Waals surface area contributed by atoms with E-state index in [0.29, 0.717) is 12.8 Å². The number of carbonyl (C=O) groups is 3. The molecule has 33 heavy (non-hydrogen) atoms. The van der Waals surface area contributed by atoms with Crippen molar-refractivity contribution in [1.29, 1.82) is 0 Å². The van der Waals surface area contributed by atoms with Crippen LogP contribution in [0.15, 0.2) is 36.4 Å². The maximum absolute atomic E-state index is 11.0. The van der Waals surface area contributed by atoms with Crippen LogP contribution < -0.4 is 123 Å². The van der Waals surface area contributed by atoms with E-state index in [-0.39, 0.29) is 128 Å². The van der Waals surface area contributed by atoms with Crippen LogP contribution in [-0.4, -0.2) is 35.4 Å². The number of benzene rings is 2. The number of anilines is 2. The molecule has 0 saturated heterocycles. The van der Waals surface area contributed by atoms with Crippen molar-refractivity contribution in [3.63, 3.8) is 0 Å². The minimum atomic E-state index is -0.181. The first-order valence-corrected chi connectivity index (χ1v) is 11.3. The molecule has 2 aromatic rings. The number of aryl methyl sites for hydroxylation is 2. The third kappa shape index (κ3) is 13.3. The fraction of sp³-hybridized carbons (Fsp3) is 0.286. The molecule has 2 aliphatic rings. The van der Waals surface area contributed by atoms with E-state index in [9.17, 15) is 9.59 Å². The molecule has 0 radical (unpaired) electrons. The maximum atomic E-state index is 11.0. The van der Waals surface area contributed by atoms with Crippen LogP contribution in [0.1, 0.15) is 25.4 Å². The van der Waals surface area contributed by atoms with E-state index in [2.05, 4.69) is 38.1 Å². The molecule has 0 aliphatic carbocycles. The zero-order chi connectivity index (χ0) is 23.2. The van der Waals surface area contributed by atoms with Crippen LogP contribution >= 0.6 is 22.6 Å². The van der Waals surface area contributed by atoms with Gasteiger partial charge in [0.15, 0.2) is 0 Å². The molecule has 2 amide bonds. The van der Waals surface area contributed by atoms with Crippen LogP contribution in [0.5, 0.6) is 11.5 Å². The minimum absolute atomic E-state index is 0. The number of methoxy groups -OCH3 is 1. The van der Waals surface area contributed by atoms with Crippen molar-refractivity contribution in [3.05, 3.63) is 47.5 Å². The Labute approximate surface area is 293 Å². The molecule has 4 rings (SSSR count). The van der Waals surface area contributed by atoms with Crippen molar-refractivity contribution < 1.29 is 139 Å². The predicted octanol–water partition coefficient (Wildman–Crippen LogP) is -3.54. The summed E-state index contributed by atoms with van der Waals surface area (Å²) < 4.78 is 5.09. The number of hydrogen-bond acceptors (Lipinski definition) is 7. The molecule has 0 atom stereocenters. The normalized spacial score (nSPS) is 12.1.